The quantitative estimate of drug-likeness (QED) is 0.643. The molecular formula is C21H25NO. The van der Waals surface area contributed by atoms with Crippen LogP contribution in [0.3, 0.4) is 0 Å². The van der Waals surface area contributed by atoms with E-state index in [1.54, 1.807) is 0 Å². The molecule has 0 spiro atoms. The summed E-state index contributed by atoms with van der Waals surface area (Å²) in [6.45, 7) is 4.55. The Labute approximate surface area is 139 Å². The van der Waals surface area contributed by atoms with Gasteiger partial charge in [0, 0.05) is 18.5 Å². The van der Waals surface area contributed by atoms with E-state index in [0.717, 1.165) is 25.2 Å². The summed E-state index contributed by atoms with van der Waals surface area (Å²) in [6, 6.07) is 15.2. The highest BCUT2D eigenvalue weighted by Gasteiger charge is 2.21. The number of piperidine rings is 1. The number of likely N-dealkylation sites (tertiary alicyclic amines) is 1. The maximum absolute atomic E-state index is 6.14. The molecule has 2 aromatic carbocycles. The van der Waals surface area contributed by atoms with E-state index in [0.29, 0.717) is 0 Å². The minimum Gasteiger partial charge on any atom is -0.493 e. The molecule has 4 rings (SSSR count). The highest BCUT2D eigenvalue weighted by Crippen LogP contribution is 2.40. The maximum atomic E-state index is 6.14. The Morgan fingerprint density at radius 2 is 1.70 bits per heavy atom. The summed E-state index contributed by atoms with van der Waals surface area (Å²) in [4.78, 5) is 2.58. The summed E-state index contributed by atoms with van der Waals surface area (Å²) in [5.74, 6) is 1.08. The number of rotatable bonds is 5. The van der Waals surface area contributed by atoms with Crippen LogP contribution in [-0.2, 0) is 6.42 Å². The van der Waals surface area contributed by atoms with Crippen molar-refractivity contribution in [2.75, 3.05) is 26.2 Å². The van der Waals surface area contributed by atoms with Crippen LogP contribution in [0.5, 0.6) is 5.75 Å². The zero-order valence-electron chi connectivity index (χ0n) is 13.8. The van der Waals surface area contributed by atoms with Crippen LogP contribution >= 0.6 is 0 Å². The van der Waals surface area contributed by atoms with E-state index in [1.165, 1.54) is 61.2 Å². The molecule has 0 atom stereocenters. The van der Waals surface area contributed by atoms with E-state index in [9.17, 15) is 0 Å². The summed E-state index contributed by atoms with van der Waals surface area (Å²) in [7, 11) is 0. The zero-order valence-corrected chi connectivity index (χ0v) is 13.8. The normalized spacial score (nSPS) is 16.9. The van der Waals surface area contributed by atoms with E-state index < -0.39 is 0 Å². The standard InChI is InChI=1S/C21H25NO/c1-4-12-22(13-5-1)14-7-15-23-21-11-6-10-19-18-9-3-2-8-17(18)16-20(19)21/h2-3,6,8-11H,1,4-5,7,12-16H2. The molecule has 0 aromatic heterocycles. The lowest BCUT2D eigenvalue weighted by atomic mass is 10.1. The van der Waals surface area contributed by atoms with Crippen LogP contribution in [0.4, 0.5) is 0 Å². The molecule has 2 nitrogen and oxygen atoms in total. The Hall–Kier alpha value is -1.80. The van der Waals surface area contributed by atoms with Crippen LogP contribution in [0.1, 0.15) is 36.8 Å². The van der Waals surface area contributed by atoms with E-state index in [-0.39, 0.29) is 0 Å². The molecule has 1 fully saturated rings. The van der Waals surface area contributed by atoms with Crippen molar-refractivity contribution < 1.29 is 4.74 Å². The molecule has 2 aliphatic rings. The zero-order chi connectivity index (χ0) is 15.5. The Balaban J connectivity index is 1.37. The van der Waals surface area contributed by atoms with Gasteiger partial charge in [-0.3, -0.25) is 0 Å². The van der Waals surface area contributed by atoms with Crippen molar-refractivity contribution in [3.8, 4) is 16.9 Å². The molecule has 0 saturated carbocycles. The molecule has 23 heavy (non-hydrogen) atoms. The third-order valence-corrected chi connectivity index (χ3v) is 5.13. The molecule has 120 valence electrons. The van der Waals surface area contributed by atoms with Crippen LogP contribution in [-0.4, -0.2) is 31.1 Å². The van der Waals surface area contributed by atoms with E-state index in [4.69, 9.17) is 4.74 Å². The molecule has 1 aliphatic heterocycles. The molecule has 0 bridgehead atoms. The van der Waals surface area contributed by atoms with Crippen molar-refractivity contribution >= 4 is 0 Å². The molecular weight excluding hydrogens is 282 g/mol. The molecule has 2 heteroatoms. The lowest BCUT2D eigenvalue weighted by Gasteiger charge is -2.26. The second-order valence-electron chi connectivity index (χ2n) is 6.72. The molecule has 1 aliphatic carbocycles. The summed E-state index contributed by atoms with van der Waals surface area (Å²) in [6.07, 6.45) is 6.27. The summed E-state index contributed by atoms with van der Waals surface area (Å²) < 4.78 is 6.14. The number of hydrogen-bond acceptors (Lipinski definition) is 2. The van der Waals surface area contributed by atoms with Crippen molar-refractivity contribution in [1.29, 1.82) is 0 Å². The van der Waals surface area contributed by atoms with Crippen LogP contribution < -0.4 is 4.74 Å². The van der Waals surface area contributed by atoms with Gasteiger partial charge < -0.3 is 9.64 Å². The molecule has 0 radical (unpaired) electrons. The largest absolute Gasteiger partial charge is 0.493 e. The van der Waals surface area contributed by atoms with Gasteiger partial charge in [0.15, 0.2) is 0 Å². The van der Waals surface area contributed by atoms with Crippen LogP contribution in [0.15, 0.2) is 42.5 Å². The third-order valence-electron chi connectivity index (χ3n) is 5.13. The molecule has 2 aromatic rings. The van der Waals surface area contributed by atoms with Crippen LogP contribution in [0, 0.1) is 0 Å². The number of nitrogens with zero attached hydrogens (tertiary/aromatic N) is 1. The fraction of sp³-hybridized carbons (Fsp3) is 0.429. The average molecular weight is 307 g/mol. The highest BCUT2D eigenvalue weighted by molar-refractivity contribution is 5.78. The highest BCUT2D eigenvalue weighted by atomic mass is 16.5. The van der Waals surface area contributed by atoms with Crippen molar-refractivity contribution in [1.82, 2.24) is 4.90 Å². The lowest BCUT2D eigenvalue weighted by Crippen LogP contribution is -2.31. The van der Waals surface area contributed by atoms with Gasteiger partial charge in [0.2, 0.25) is 0 Å². The monoisotopic (exact) mass is 307 g/mol. The van der Waals surface area contributed by atoms with Gasteiger partial charge in [-0.25, -0.2) is 0 Å². The Bertz CT molecular complexity index is 673. The summed E-state index contributed by atoms with van der Waals surface area (Å²) in [5.41, 5.74) is 5.52. The second-order valence-corrected chi connectivity index (χ2v) is 6.72. The summed E-state index contributed by atoms with van der Waals surface area (Å²) >= 11 is 0. The molecule has 0 N–H and O–H groups in total. The Morgan fingerprint density at radius 1 is 0.870 bits per heavy atom. The first kappa shape index (κ1) is 14.8. The number of ether oxygens (including phenoxy) is 1. The van der Waals surface area contributed by atoms with Gasteiger partial charge in [-0.05, 0) is 55.1 Å². The summed E-state index contributed by atoms with van der Waals surface area (Å²) in [5, 5.41) is 0. The van der Waals surface area contributed by atoms with E-state index in [1.807, 2.05) is 0 Å². The van der Waals surface area contributed by atoms with E-state index in [2.05, 4.69) is 47.4 Å². The molecule has 1 heterocycles. The van der Waals surface area contributed by atoms with E-state index >= 15 is 0 Å². The molecule has 0 amide bonds. The predicted molar refractivity (Wildman–Crippen MR) is 95.1 cm³/mol. The first-order chi connectivity index (χ1) is 11.4. The van der Waals surface area contributed by atoms with Crippen LogP contribution in [0.2, 0.25) is 0 Å². The minimum absolute atomic E-state index is 0.823. The van der Waals surface area contributed by atoms with Crippen molar-refractivity contribution in [2.24, 2.45) is 0 Å². The van der Waals surface area contributed by atoms with Crippen molar-refractivity contribution in [2.45, 2.75) is 32.1 Å². The Morgan fingerprint density at radius 3 is 2.61 bits per heavy atom. The van der Waals surface area contributed by atoms with Gasteiger partial charge in [0.1, 0.15) is 5.75 Å². The van der Waals surface area contributed by atoms with Gasteiger partial charge in [0.25, 0.3) is 0 Å². The SMILES string of the molecule is c1ccc2c(c1)Cc1c(OCCCN3CCCCC3)cccc1-2. The number of benzene rings is 2. The lowest BCUT2D eigenvalue weighted by molar-refractivity contribution is 0.204. The van der Waals surface area contributed by atoms with Crippen LogP contribution in [0.25, 0.3) is 11.1 Å². The van der Waals surface area contributed by atoms with Gasteiger partial charge in [-0.1, -0.05) is 42.8 Å². The van der Waals surface area contributed by atoms with Gasteiger partial charge in [0.05, 0.1) is 6.61 Å². The second kappa shape index (κ2) is 6.76. The Kier molecular flexibility index (Phi) is 4.34. The average Bonchev–Trinajstić information content (AvgIpc) is 2.99. The first-order valence-electron chi connectivity index (χ1n) is 8.97. The van der Waals surface area contributed by atoms with Gasteiger partial charge in [-0.2, -0.15) is 0 Å². The van der Waals surface area contributed by atoms with Gasteiger partial charge >= 0.3 is 0 Å². The van der Waals surface area contributed by atoms with Crippen molar-refractivity contribution in [3.63, 3.8) is 0 Å². The first-order valence-corrected chi connectivity index (χ1v) is 8.97. The molecule has 1 saturated heterocycles. The fourth-order valence-electron chi connectivity index (χ4n) is 3.92. The van der Waals surface area contributed by atoms with Crippen molar-refractivity contribution in [3.05, 3.63) is 53.6 Å². The number of fused-ring (bicyclic) bond motifs is 3. The number of hydrogen-bond donors (Lipinski definition) is 0. The smallest absolute Gasteiger partial charge is 0.123 e. The fourth-order valence-corrected chi connectivity index (χ4v) is 3.92. The topological polar surface area (TPSA) is 12.5 Å². The predicted octanol–water partition coefficient (Wildman–Crippen LogP) is 4.51. The third kappa shape index (κ3) is 3.13. The van der Waals surface area contributed by atoms with Gasteiger partial charge in [-0.15, -0.1) is 0 Å². The molecule has 0 unspecified atom stereocenters. The maximum Gasteiger partial charge on any atom is 0.123 e. The minimum atomic E-state index is 0.823.